The number of hydrogen-bond acceptors (Lipinski definition) is 4. The van der Waals surface area contributed by atoms with Gasteiger partial charge in [-0.3, -0.25) is 9.48 Å². The summed E-state index contributed by atoms with van der Waals surface area (Å²) in [6.07, 6.45) is 6.16. The maximum Gasteiger partial charge on any atom is 0.248 e. The van der Waals surface area contributed by atoms with Crippen molar-refractivity contribution in [1.82, 2.24) is 14.1 Å². The number of nitrogens with zero attached hydrogens (tertiary/aromatic N) is 3. The van der Waals surface area contributed by atoms with Crippen LogP contribution < -0.4 is 5.32 Å². The van der Waals surface area contributed by atoms with Crippen LogP contribution in [0, 0.1) is 6.92 Å². The largest absolute Gasteiger partial charge is 0.324 e. The van der Waals surface area contributed by atoms with Crippen LogP contribution in [-0.2, 0) is 14.8 Å². The molecule has 1 aliphatic heterocycles. The highest BCUT2D eigenvalue weighted by atomic mass is 32.2. The fraction of sp³-hybridized carbons (Fsp3) is 0.444. The van der Waals surface area contributed by atoms with Gasteiger partial charge < -0.3 is 5.32 Å². The topological polar surface area (TPSA) is 84.3 Å². The summed E-state index contributed by atoms with van der Waals surface area (Å²) < 4.78 is 28.8. The van der Waals surface area contributed by atoms with Gasteiger partial charge in [0.2, 0.25) is 15.9 Å². The average molecular weight is 376 g/mol. The van der Waals surface area contributed by atoms with Gasteiger partial charge in [-0.05, 0) is 50.5 Å². The Balaban J connectivity index is 1.82. The van der Waals surface area contributed by atoms with Gasteiger partial charge in [-0.1, -0.05) is 12.5 Å². The zero-order valence-corrected chi connectivity index (χ0v) is 15.9. The van der Waals surface area contributed by atoms with E-state index in [2.05, 4.69) is 10.4 Å². The van der Waals surface area contributed by atoms with Crippen LogP contribution >= 0.6 is 0 Å². The van der Waals surface area contributed by atoms with Crippen LogP contribution in [0.4, 0.5) is 5.69 Å². The molecular formula is C18H24N4O3S. The molecular weight excluding hydrogens is 352 g/mol. The summed E-state index contributed by atoms with van der Waals surface area (Å²) in [5.41, 5.74) is 1.32. The molecule has 1 saturated heterocycles. The molecule has 1 atom stereocenters. The van der Waals surface area contributed by atoms with Gasteiger partial charge in [-0.2, -0.15) is 9.40 Å². The molecule has 0 saturated carbocycles. The molecule has 2 heterocycles. The lowest BCUT2D eigenvalue weighted by Crippen LogP contribution is -2.35. The molecule has 1 unspecified atom stereocenters. The minimum atomic E-state index is -3.54. The predicted octanol–water partition coefficient (Wildman–Crippen LogP) is 2.57. The molecule has 0 radical (unpaired) electrons. The molecule has 1 amide bonds. The van der Waals surface area contributed by atoms with Crippen molar-refractivity contribution in [3.8, 4) is 0 Å². The number of rotatable bonds is 5. The number of hydrogen-bond donors (Lipinski definition) is 1. The molecule has 0 bridgehead atoms. The van der Waals surface area contributed by atoms with Gasteiger partial charge >= 0.3 is 0 Å². The summed E-state index contributed by atoms with van der Waals surface area (Å²) in [7, 11) is -3.54. The van der Waals surface area contributed by atoms with Crippen molar-refractivity contribution in [2.45, 2.75) is 44.0 Å². The van der Waals surface area contributed by atoms with Crippen LogP contribution in [0.15, 0.2) is 41.6 Å². The number of sulfonamides is 1. The molecule has 26 heavy (non-hydrogen) atoms. The first-order chi connectivity index (χ1) is 12.4. The Morgan fingerprint density at radius 3 is 2.62 bits per heavy atom. The number of carbonyl (C=O) groups is 1. The first kappa shape index (κ1) is 18.6. The summed E-state index contributed by atoms with van der Waals surface area (Å²) in [6, 6.07) is 6.14. The van der Waals surface area contributed by atoms with Gasteiger partial charge in [-0.25, -0.2) is 8.42 Å². The van der Waals surface area contributed by atoms with Crippen LogP contribution in [0.25, 0.3) is 0 Å². The van der Waals surface area contributed by atoms with Gasteiger partial charge in [0.1, 0.15) is 6.04 Å². The number of nitrogens with one attached hydrogen (secondary N) is 1. The number of amides is 1. The molecule has 1 aromatic carbocycles. The highest BCUT2D eigenvalue weighted by Crippen LogP contribution is 2.25. The molecule has 2 aromatic rings. The van der Waals surface area contributed by atoms with Crippen molar-refractivity contribution in [3.63, 3.8) is 0 Å². The minimum Gasteiger partial charge on any atom is -0.324 e. The number of benzene rings is 1. The van der Waals surface area contributed by atoms with Crippen LogP contribution in [-0.4, -0.2) is 41.5 Å². The first-order valence-corrected chi connectivity index (χ1v) is 10.2. The monoisotopic (exact) mass is 376 g/mol. The molecule has 0 aliphatic carbocycles. The third kappa shape index (κ3) is 3.81. The zero-order valence-electron chi connectivity index (χ0n) is 15.1. The zero-order chi connectivity index (χ0) is 18.7. The second-order valence-electron chi connectivity index (χ2n) is 6.59. The van der Waals surface area contributed by atoms with E-state index in [9.17, 15) is 13.2 Å². The molecule has 1 aliphatic rings. The summed E-state index contributed by atoms with van der Waals surface area (Å²) >= 11 is 0. The van der Waals surface area contributed by atoms with Crippen LogP contribution in [0.3, 0.4) is 0 Å². The van der Waals surface area contributed by atoms with Crippen molar-refractivity contribution < 1.29 is 13.2 Å². The quantitative estimate of drug-likeness (QED) is 0.869. The van der Waals surface area contributed by atoms with Gasteiger partial charge in [0.15, 0.2) is 0 Å². The molecule has 7 nitrogen and oxygen atoms in total. The summed E-state index contributed by atoms with van der Waals surface area (Å²) in [6.45, 7) is 4.68. The van der Waals surface area contributed by atoms with E-state index in [0.29, 0.717) is 18.8 Å². The van der Waals surface area contributed by atoms with Gasteiger partial charge in [0.25, 0.3) is 0 Å². The summed E-state index contributed by atoms with van der Waals surface area (Å²) in [5.74, 6) is -0.246. The summed E-state index contributed by atoms with van der Waals surface area (Å²) in [5, 5.41) is 6.90. The Hall–Kier alpha value is -2.19. The second kappa shape index (κ2) is 7.59. The number of anilines is 1. The van der Waals surface area contributed by atoms with Crippen molar-refractivity contribution in [2.75, 3.05) is 18.4 Å². The first-order valence-electron chi connectivity index (χ1n) is 8.80. The van der Waals surface area contributed by atoms with E-state index in [0.717, 1.165) is 24.8 Å². The van der Waals surface area contributed by atoms with E-state index in [1.807, 2.05) is 6.92 Å². The van der Waals surface area contributed by atoms with Crippen LogP contribution in [0.1, 0.15) is 37.8 Å². The lowest BCUT2D eigenvalue weighted by atomic mass is 10.2. The Morgan fingerprint density at radius 2 is 1.96 bits per heavy atom. The molecule has 1 fully saturated rings. The van der Waals surface area contributed by atoms with Crippen LogP contribution in [0.2, 0.25) is 0 Å². The van der Waals surface area contributed by atoms with Crippen molar-refractivity contribution >= 4 is 21.6 Å². The Kier molecular flexibility index (Phi) is 5.43. The van der Waals surface area contributed by atoms with E-state index in [1.165, 1.54) is 4.31 Å². The Morgan fingerprint density at radius 1 is 1.23 bits per heavy atom. The van der Waals surface area contributed by atoms with Crippen molar-refractivity contribution in [2.24, 2.45) is 0 Å². The lowest BCUT2D eigenvalue weighted by molar-refractivity contribution is -0.119. The molecule has 0 spiro atoms. The predicted molar refractivity (Wildman–Crippen MR) is 99.4 cm³/mol. The number of aryl methyl sites for hydroxylation is 1. The Bertz CT molecular complexity index is 872. The van der Waals surface area contributed by atoms with E-state index in [-0.39, 0.29) is 10.8 Å². The van der Waals surface area contributed by atoms with Gasteiger partial charge in [0, 0.05) is 31.2 Å². The molecule has 140 valence electrons. The lowest BCUT2D eigenvalue weighted by Gasteiger charge is -2.26. The van der Waals surface area contributed by atoms with Gasteiger partial charge in [-0.15, -0.1) is 0 Å². The Labute approximate surface area is 154 Å². The minimum absolute atomic E-state index is 0.215. The SMILES string of the molecule is Cc1ccc(S(=O)(=O)N2CCCCC2)cc1NC(=O)C(C)n1cccn1. The van der Waals surface area contributed by atoms with Gasteiger partial charge in [0.05, 0.1) is 4.90 Å². The van der Waals surface area contributed by atoms with E-state index in [4.69, 9.17) is 0 Å². The highest BCUT2D eigenvalue weighted by Gasteiger charge is 2.26. The molecule has 1 N–H and O–H groups in total. The highest BCUT2D eigenvalue weighted by molar-refractivity contribution is 7.89. The van der Waals surface area contributed by atoms with Crippen molar-refractivity contribution in [1.29, 1.82) is 0 Å². The molecule has 1 aromatic heterocycles. The third-order valence-electron chi connectivity index (χ3n) is 4.72. The van der Waals surface area contributed by atoms with Crippen LogP contribution in [0.5, 0.6) is 0 Å². The number of piperidine rings is 1. The fourth-order valence-electron chi connectivity index (χ4n) is 3.02. The van der Waals surface area contributed by atoms with E-state index >= 15 is 0 Å². The standard InChI is InChI=1S/C18H24N4O3S/c1-14-7-8-16(26(24,25)21-10-4-3-5-11-21)13-17(14)20-18(23)15(2)22-12-6-9-19-22/h6-9,12-13,15H,3-5,10-11H2,1-2H3,(H,20,23). The normalized spacial score (nSPS) is 17.0. The second-order valence-corrected chi connectivity index (χ2v) is 8.53. The molecule has 8 heteroatoms. The third-order valence-corrected chi connectivity index (χ3v) is 6.62. The molecule has 3 rings (SSSR count). The summed E-state index contributed by atoms with van der Waals surface area (Å²) in [4.78, 5) is 12.7. The maximum atomic E-state index is 12.9. The van der Waals surface area contributed by atoms with E-state index < -0.39 is 16.1 Å². The fourth-order valence-corrected chi connectivity index (χ4v) is 4.56. The maximum absolute atomic E-state index is 12.9. The number of aromatic nitrogens is 2. The average Bonchev–Trinajstić information content (AvgIpc) is 3.18. The number of carbonyl (C=O) groups excluding carboxylic acids is 1. The van der Waals surface area contributed by atoms with E-state index in [1.54, 1.807) is 48.3 Å². The van der Waals surface area contributed by atoms with Crippen molar-refractivity contribution in [3.05, 3.63) is 42.2 Å². The smallest absolute Gasteiger partial charge is 0.248 e.